The number of benzene rings is 1. The van der Waals surface area contributed by atoms with E-state index in [9.17, 15) is 9.59 Å². The van der Waals surface area contributed by atoms with Crippen LogP contribution < -0.4 is 10.6 Å². The highest BCUT2D eigenvalue weighted by Gasteiger charge is 2.33. The molecule has 0 fully saturated rings. The Morgan fingerprint density at radius 1 is 1.50 bits per heavy atom. The minimum atomic E-state index is -1.17. The Bertz CT molecular complexity index is 581. The summed E-state index contributed by atoms with van der Waals surface area (Å²) in [6, 6.07) is 4.96. The van der Waals surface area contributed by atoms with Gasteiger partial charge in [-0.25, -0.2) is 4.79 Å². The van der Waals surface area contributed by atoms with Crippen molar-refractivity contribution in [1.29, 1.82) is 0 Å². The van der Waals surface area contributed by atoms with Crippen molar-refractivity contribution in [2.45, 2.75) is 13.3 Å². The molecule has 1 aliphatic rings. The molecule has 2 rings (SSSR count). The Morgan fingerprint density at radius 2 is 2.17 bits per heavy atom. The fourth-order valence-corrected chi connectivity index (χ4v) is 2.14. The molecule has 0 aliphatic carbocycles. The standard InChI is InChI=1S/C12H11ClN2O3/c1-6-4-7(13)2-3-9(6)15-10(16)5-8(11(15)14)12(17)18/h2-4H,5,14H2,1H3,(H,17,18). The fraction of sp³-hybridized carbons (Fsp3) is 0.167. The molecule has 1 aliphatic heterocycles. The van der Waals surface area contributed by atoms with Crippen molar-refractivity contribution in [3.63, 3.8) is 0 Å². The number of carboxylic acids is 1. The zero-order valence-corrected chi connectivity index (χ0v) is 10.4. The number of halogens is 1. The summed E-state index contributed by atoms with van der Waals surface area (Å²) in [6.45, 7) is 1.78. The number of carbonyl (C=O) groups is 2. The molecule has 3 N–H and O–H groups in total. The van der Waals surface area contributed by atoms with Crippen LogP contribution >= 0.6 is 11.6 Å². The molecule has 0 aromatic heterocycles. The SMILES string of the molecule is Cc1cc(Cl)ccc1N1C(=O)CC(C(=O)O)=C1N. The molecule has 1 aromatic rings. The first kappa shape index (κ1) is 12.4. The predicted octanol–water partition coefficient (Wildman–Crippen LogP) is 1.64. The van der Waals surface area contributed by atoms with Gasteiger partial charge in [-0.3, -0.25) is 9.69 Å². The van der Waals surface area contributed by atoms with Crippen LogP contribution in [0.15, 0.2) is 29.6 Å². The summed E-state index contributed by atoms with van der Waals surface area (Å²) in [7, 11) is 0. The fourth-order valence-electron chi connectivity index (χ4n) is 1.91. The van der Waals surface area contributed by atoms with Crippen LogP contribution in [0.4, 0.5) is 5.69 Å². The van der Waals surface area contributed by atoms with Gasteiger partial charge in [0.25, 0.3) is 0 Å². The predicted molar refractivity (Wildman–Crippen MR) is 67.1 cm³/mol. The monoisotopic (exact) mass is 266 g/mol. The number of amides is 1. The van der Waals surface area contributed by atoms with Gasteiger partial charge in [0.15, 0.2) is 0 Å². The highest BCUT2D eigenvalue weighted by Crippen LogP contribution is 2.31. The van der Waals surface area contributed by atoms with Gasteiger partial charge in [0.05, 0.1) is 17.7 Å². The van der Waals surface area contributed by atoms with Crippen molar-refractivity contribution >= 4 is 29.2 Å². The summed E-state index contributed by atoms with van der Waals surface area (Å²) >= 11 is 5.83. The first-order chi connectivity index (χ1) is 8.41. The number of anilines is 1. The summed E-state index contributed by atoms with van der Waals surface area (Å²) in [5.74, 6) is -1.55. The molecule has 1 heterocycles. The lowest BCUT2D eigenvalue weighted by Gasteiger charge is -2.19. The number of carboxylic acid groups (broad SMARTS) is 1. The first-order valence-electron chi connectivity index (χ1n) is 5.23. The number of nitrogens with two attached hydrogens (primary N) is 1. The second-order valence-corrected chi connectivity index (χ2v) is 4.44. The molecule has 0 bridgehead atoms. The Balaban J connectivity index is 2.51. The van der Waals surface area contributed by atoms with Crippen molar-refractivity contribution in [3.8, 4) is 0 Å². The summed E-state index contributed by atoms with van der Waals surface area (Å²) in [4.78, 5) is 24.0. The second-order valence-electron chi connectivity index (χ2n) is 4.01. The molecule has 5 nitrogen and oxygen atoms in total. The zero-order chi connectivity index (χ0) is 13.4. The van der Waals surface area contributed by atoms with Crippen LogP contribution in [0.2, 0.25) is 5.02 Å². The van der Waals surface area contributed by atoms with E-state index < -0.39 is 5.97 Å². The van der Waals surface area contributed by atoms with Crippen LogP contribution in [0.1, 0.15) is 12.0 Å². The maximum Gasteiger partial charge on any atom is 0.335 e. The number of aryl methyl sites for hydroxylation is 1. The molecule has 1 aromatic carbocycles. The van der Waals surface area contributed by atoms with E-state index in [0.29, 0.717) is 10.7 Å². The topological polar surface area (TPSA) is 83.6 Å². The summed E-state index contributed by atoms with van der Waals surface area (Å²) in [5.41, 5.74) is 6.96. The van der Waals surface area contributed by atoms with E-state index in [1.54, 1.807) is 25.1 Å². The molecular weight excluding hydrogens is 256 g/mol. The van der Waals surface area contributed by atoms with Gasteiger partial charge in [0, 0.05) is 5.02 Å². The van der Waals surface area contributed by atoms with Crippen molar-refractivity contribution in [2.24, 2.45) is 5.73 Å². The number of hydrogen-bond donors (Lipinski definition) is 2. The van der Waals surface area contributed by atoms with E-state index in [1.165, 1.54) is 4.90 Å². The minimum absolute atomic E-state index is 0.0297. The van der Waals surface area contributed by atoms with Crippen LogP contribution in [-0.4, -0.2) is 17.0 Å². The van der Waals surface area contributed by atoms with Gasteiger partial charge in [-0.05, 0) is 30.7 Å². The maximum atomic E-state index is 11.8. The van der Waals surface area contributed by atoms with Gasteiger partial charge in [0.1, 0.15) is 5.82 Å². The number of rotatable bonds is 2. The largest absolute Gasteiger partial charge is 0.478 e. The molecule has 18 heavy (non-hydrogen) atoms. The normalized spacial score (nSPS) is 15.4. The molecule has 0 saturated heterocycles. The van der Waals surface area contributed by atoms with Crippen molar-refractivity contribution in [2.75, 3.05) is 4.90 Å². The maximum absolute atomic E-state index is 11.8. The molecule has 6 heteroatoms. The van der Waals surface area contributed by atoms with Crippen LogP contribution in [0.5, 0.6) is 0 Å². The quantitative estimate of drug-likeness (QED) is 0.852. The number of carbonyl (C=O) groups excluding carboxylic acids is 1. The van der Waals surface area contributed by atoms with Crippen molar-refractivity contribution < 1.29 is 14.7 Å². The van der Waals surface area contributed by atoms with E-state index in [0.717, 1.165) is 5.56 Å². The van der Waals surface area contributed by atoms with E-state index in [1.807, 2.05) is 0 Å². The number of aliphatic carboxylic acids is 1. The molecule has 94 valence electrons. The molecular formula is C12H11ClN2O3. The smallest absolute Gasteiger partial charge is 0.335 e. The molecule has 0 saturated carbocycles. The minimum Gasteiger partial charge on any atom is -0.478 e. The Morgan fingerprint density at radius 3 is 2.67 bits per heavy atom. The van der Waals surface area contributed by atoms with Crippen LogP contribution in [0, 0.1) is 6.92 Å². The zero-order valence-electron chi connectivity index (χ0n) is 9.61. The Hall–Kier alpha value is -2.01. The molecule has 1 amide bonds. The summed E-state index contributed by atoms with van der Waals surface area (Å²) in [5, 5.41) is 9.49. The average Bonchev–Trinajstić information content (AvgIpc) is 2.56. The van der Waals surface area contributed by atoms with Gasteiger partial charge >= 0.3 is 5.97 Å². The average molecular weight is 267 g/mol. The van der Waals surface area contributed by atoms with E-state index in [4.69, 9.17) is 22.4 Å². The molecule has 0 unspecified atom stereocenters. The highest BCUT2D eigenvalue weighted by molar-refractivity contribution is 6.30. The van der Waals surface area contributed by atoms with Crippen LogP contribution in [-0.2, 0) is 9.59 Å². The molecule has 0 radical (unpaired) electrons. The third kappa shape index (κ3) is 1.93. The molecule has 0 spiro atoms. The van der Waals surface area contributed by atoms with E-state index >= 15 is 0 Å². The van der Waals surface area contributed by atoms with Crippen molar-refractivity contribution in [1.82, 2.24) is 0 Å². The number of nitrogens with zero attached hydrogens (tertiary/aromatic N) is 1. The summed E-state index contributed by atoms with van der Waals surface area (Å²) in [6.07, 6.45) is -0.191. The summed E-state index contributed by atoms with van der Waals surface area (Å²) < 4.78 is 0. The van der Waals surface area contributed by atoms with Gasteiger partial charge in [-0.15, -0.1) is 0 Å². The van der Waals surface area contributed by atoms with Gasteiger partial charge < -0.3 is 10.8 Å². The lowest BCUT2D eigenvalue weighted by molar-refractivity contribution is -0.133. The Labute approximate surface area is 108 Å². The number of hydrogen-bond acceptors (Lipinski definition) is 3. The lowest BCUT2D eigenvalue weighted by Crippen LogP contribution is -2.29. The van der Waals surface area contributed by atoms with Gasteiger partial charge in [-0.2, -0.15) is 0 Å². The Kier molecular flexibility index (Phi) is 3.00. The second kappa shape index (κ2) is 4.34. The first-order valence-corrected chi connectivity index (χ1v) is 5.60. The van der Waals surface area contributed by atoms with E-state index in [2.05, 4.69) is 0 Å². The van der Waals surface area contributed by atoms with Gasteiger partial charge in [0.2, 0.25) is 5.91 Å². The molecule has 0 atom stereocenters. The van der Waals surface area contributed by atoms with Crippen LogP contribution in [0.3, 0.4) is 0 Å². The van der Waals surface area contributed by atoms with Crippen molar-refractivity contribution in [3.05, 3.63) is 40.2 Å². The van der Waals surface area contributed by atoms with Gasteiger partial charge in [-0.1, -0.05) is 11.6 Å². The third-order valence-corrected chi connectivity index (χ3v) is 3.02. The third-order valence-electron chi connectivity index (χ3n) is 2.79. The highest BCUT2D eigenvalue weighted by atomic mass is 35.5. The lowest BCUT2D eigenvalue weighted by atomic mass is 10.2. The van der Waals surface area contributed by atoms with Crippen LogP contribution in [0.25, 0.3) is 0 Å². The van der Waals surface area contributed by atoms with E-state index in [-0.39, 0.29) is 23.7 Å².